The predicted molar refractivity (Wildman–Crippen MR) is 26.1 cm³/mol. The zero-order valence-electron chi connectivity index (χ0n) is 2.98. The summed E-state index contributed by atoms with van der Waals surface area (Å²) in [5.74, 6) is 0. The Kier molecular flexibility index (Phi) is 4.50. The Morgan fingerprint density at radius 1 is 1.20 bits per heavy atom. The molecule has 0 radical (unpaired) electrons. The second-order valence-electron chi connectivity index (χ2n) is 0.469. The van der Waals surface area contributed by atoms with E-state index in [0.717, 1.165) is 0 Å². The van der Waals surface area contributed by atoms with Crippen molar-refractivity contribution in [3.63, 3.8) is 0 Å². The predicted octanol–water partition coefficient (Wildman–Crippen LogP) is 0.978. The van der Waals surface area contributed by atoms with Gasteiger partial charge in [0.05, 0.1) is 0 Å². The van der Waals surface area contributed by atoms with Crippen LogP contribution in [0.25, 0.3) is 0 Å². The first-order valence-corrected chi connectivity index (χ1v) is 3.98. The van der Waals surface area contributed by atoms with Crippen LogP contribution < -0.4 is 0 Å². The summed E-state index contributed by atoms with van der Waals surface area (Å²) < 4.78 is 3.88. The van der Waals surface area contributed by atoms with Gasteiger partial charge in [0.25, 0.3) is 0 Å². The van der Waals surface area contributed by atoms with Crippen LogP contribution in [0.3, 0.4) is 0 Å². The number of rotatable bonds is 2. The first-order chi connectivity index (χ1) is 2.41. The van der Waals surface area contributed by atoms with Gasteiger partial charge in [0.2, 0.25) is 0 Å². The molecule has 1 heteroatoms. The average molecular weight is 182 g/mol. The van der Waals surface area contributed by atoms with Crippen LogP contribution in [-0.4, -0.2) is 20.9 Å². The van der Waals surface area contributed by atoms with Crippen LogP contribution in [0.4, 0.5) is 0 Å². The molecule has 0 N–H and O–H groups in total. The van der Waals surface area contributed by atoms with Gasteiger partial charge in [0.15, 0.2) is 0 Å². The zero-order chi connectivity index (χ0) is 4.12. The van der Waals surface area contributed by atoms with E-state index >= 15 is 0 Å². The van der Waals surface area contributed by atoms with Crippen LogP contribution in [-0.2, 0) is 0 Å². The van der Waals surface area contributed by atoms with Gasteiger partial charge in [-0.25, -0.2) is 0 Å². The maximum absolute atomic E-state index is 3.54. The van der Waals surface area contributed by atoms with Crippen LogP contribution in [0.1, 0.15) is 0 Å². The van der Waals surface area contributed by atoms with Gasteiger partial charge in [-0.05, 0) is 0 Å². The molecule has 0 amide bonds. The summed E-state index contributed by atoms with van der Waals surface area (Å²) in [6.07, 6.45) is 0. The first-order valence-electron chi connectivity index (χ1n) is 1.29. The van der Waals surface area contributed by atoms with Gasteiger partial charge in [-0.1, -0.05) is 0 Å². The quantitative estimate of drug-likeness (QED) is 0.558. The molecule has 0 unspecified atom stereocenters. The summed E-state index contributed by atoms with van der Waals surface area (Å²) in [7, 11) is 0. The van der Waals surface area contributed by atoms with Crippen LogP contribution in [0, 0.1) is 0 Å². The van der Waals surface area contributed by atoms with Gasteiger partial charge in [-0.2, -0.15) is 0 Å². The molecule has 0 heterocycles. The summed E-state index contributed by atoms with van der Waals surface area (Å²) in [6, 6.07) is 0. The number of hydrogen-bond acceptors (Lipinski definition) is 0. The van der Waals surface area contributed by atoms with Gasteiger partial charge in [-0.15, -0.1) is 0 Å². The van der Waals surface area contributed by atoms with E-state index in [1.54, 1.807) is 0 Å². The molecule has 0 aliphatic rings. The molecule has 0 nitrogen and oxygen atoms in total. The molecular formula is C4H6Te. The van der Waals surface area contributed by atoms with E-state index in [4.69, 9.17) is 0 Å². The third-order valence-corrected chi connectivity index (χ3v) is 1.29. The Morgan fingerprint density at radius 3 is 1.60 bits per heavy atom. The molecule has 0 aliphatic heterocycles. The van der Waals surface area contributed by atoms with Crippen molar-refractivity contribution in [2.24, 2.45) is 0 Å². The van der Waals surface area contributed by atoms with Crippen LogP contribution in [0.5, 0.6) is 0 Å². The zero-order valence-corrected chi connectivity index (χ0v) is 5.31. The van der Waals surface area contributed by atoms with E-state index in [-0.39, 0.29) is 20.9 Å². The summed E-state index contributed by atoms with van der Waals surface area (Å²) in [4.78, 5) is 0. The molecule has 28 valence electrons. The van der Waals surface area contributed by atoms with Crippen LogP contribution >= 0.6 is 0 Å². The Bertz CT molecular complexity index is 32.9. The molecule has 0 aliphatic carbocycles. The Hall–Kier alpha value is 0.270. The molecule has 0 spiro atoms. The van der Waals surface area contributed by atoms with E-state index in [9.17, 15) is 0 Å². The average Bonchev–Trinajstić information content (AvgIpc) is 1.41. The summed E-state index contributed by atoms with van der Waals surface area (Å²) >= 11 is 0.0211. The molecule has 0 atom stereocenters. The van der Waals surface area contributed by atoms with Gasteiger partial charge in [0.1, 0.15) is 0 Å². The van der Waals surface area contributed by atoms with Gasteiger partial charge < -0.3 is 0 Å². The normalized spacial score (nSPS) is 6.40. The summed E-state index contributed by atoms with van der Waals surface area (Å²) in [6.45, 7) is 7.07. The molecule has 0 aromatic rings. The third kappa shape index (κ3) is 4.27. The van der Waals surface area contributed by atoms with Crippen molar-refractivity contribution in [1.82, 2.24) is 0 Å². The Labute approximate surface area is 42.7 Å². The fourth-order valence-corrected chi connectivity index (χ4v) is 0.456. The maximum atomic E-state index is 3.54. The minimum absolute atomic E-state index is 0.0211. The molecule has 5 heavy (non-hydrogen) atoms. The molecular weight excluding hydrogens is 176 g/mol. The van der Waals surface area contributed by atoms with Crippen LogP contribution in [0.2, 0.25) is 0 Å². The second-order valence-corrected chi connectivity index (χ2v) is 3.15. The Balaban J connectivity index is 2.65. The summed E-state index contributed by atoms with van der Waals surface area (Å²) in [5.41, 5.74) is 0. The van der Waals surface area contributed by atoms with Gasteiger partial charge in [-0.3, -0.25) is 0 Å². The molecule has 0 aromatic heterocycles. The molecule has 0 fully saturated rings. The molecule has 0 bridgehead atoms. The molecule has 0 rings (SSSR count). The van der Waals surface area contributed by atoms with Crippen molar-refractivity contribution in [1.29, 1.82) is 0 Å². The van der Waals surface area contributed by atoms with Gasteiger partial charge in [0, 0.05) is 0 Å². The molecule has 0 saturated carbocycles. The molecule has 0 aromatic carbocycles. The first kappa shape index (κ1) is 5.27. The van der Waals surface area contributed by atoms with Gasteiger partial charge >= 0.3 is 42.3 Å². The fourth-order valence-electron chi connectivity index (χ4n) is 0.0680. The fraction of sp³-hybridized carbons (Fsp3) is 0. The standard InChI is InChI=1S/C4H6Te/c1-3-5-4-2/h3-4H,1-2H2. The monoisotopic (exact) mass is 184 g/mol. The Morgan fingerprint density at radius 2 is 1.60 bits per heavy atom. The van der Waals surface area contributed by atoms with E-state index in [0.29, 0.717) is 0 Å². The minimum atomic E-state index is 0.0211. The third-order valence-electron chi connectivity index (χ3n) is 0.192. The SMILES string of the molecule is C=C[Te]C=C. The van der Waals surface area contributed by atoms with Crippen molar-refractivity contribution in [2.45, 2.75) is 0 Å². The van der Waals surface area contributed by atoms with Crippen molar-refractivity contribution in [2.75, 3.05) is 0 Å². The summed E-state index contributed by atoms with van der Waals surface area (Å²) in [5, 5.41) is 0. The van der Waals surface area contributed by atoms with Crippen molar-refractivity contribution in [3.05, 3.63) is 21.4 Å². The van der Waals surface area contributed by atoms with Crippen LogP contribution in [0.15, 0.2) is 21.4 Å². The van der Waals surface area contributed by atoms with Crippen molar-refractivity contribution < 1.29 is 0 Å². The van der Waals surface area contributed by atoms with E-state index in [1.807, 2.05) is 8.25 Å². The second kappa shape index (κ2) is 4.27. The van der Waals surface area contributed by atoms with E-state index in [1.165, 1.54) is 0 Å². The van der Waals surface area contributed by atoms with Crippen molar-refractivity contribution in [3.8, 4) is 0 Å². The molecule has 0 saturated heterocycles. The topological polar surface area (TPSA) is 0 Å². The van der Waals surface area contributed by atoms with E-state index in [2.05, 4.69) is 13.2 Å². The number of hydrogen-bond donors (Lipinski definition) is 0. The van der Waals surface area contributed by atoms with Crippen molar-refractivity contribution >= 4 is 20.9 Å². The van der Waals surface area contributed by atoms with E-state index < -0.39 is 0 Å².